The van der Waals surface area contributed by atoms with Gasteiger partial charge in [-0.3, -0.25) is 0 Å². The standard InChI is InChI=1S/C11H12BNO/c1-8-11-7-10(12(2)14)4-3-9(11)5-6-13-8/h3-7,13-14H,1H2,2H3. The lowest BCUT2D eigenvalue weighted by atomic mass is 9.64. The van der Waals surface area contributed by atoms with Crippen molar-refractivity contribution >= 4 is 24.2 Å². The van der Waals surface area contributed by atoms with Crippen molar-refractivity contribution in [1.82, 2.24) is 5.32 Å². The molecule has 0 fully saturated rings. The van der Waals surface area contributed by atoms with Gasteiger partial charge in [-0.2, -0.15) is 0 Å². The van der Waals surface area contributed by atoms with Crippen molar-refractivity contribution in [2.24, 2.45) is 0 Å². The van der Waals surface area contributed by atoms with E-state index in [-0.39, 0.29) is 0 Å². The van der Waals surface area contributed by atoms with Crippen molar-refractivity contribution in [3.8, 4) is 0 Å². The van der Waals surface area contributed by atoms with Gasteiger partial charge < -0.3 is 10.3 Å². The maximum absolute atomic E-state index is 9.44. The molecule has 2 rings (SSSR count). The second kappa shape index (κ2) is 3.35. The molecule has 0 saturated heterocycles. The van der Waals surface area contributed by atoms with Crippen LogP contribution in [0.2, 0.25) is 6.82 Å². The van der Waals surface area contributed by atoms with Gasteiger partial charge in [-0.25, -0.2) is 0 Å². The predicted octanol–water partition coefficient (Wildman–Crippen LogP) is 1.05. The maximum Gasteiger partial charge on any atom is 0.320 e. The van der Waals surface area contributed by atoms with E-state index in [1.165, 1.54) is 0 Å². The third-order valence-electron chi connectivity index (χ3n) is 2.41. The Labute approximate surface area is 84.1 Å². The fourth-order valence-corrected chi connectivity index (χ4v) is 1.55. The largest absolute Gasteiger partial charge is 0.447 e. The minimum absolute atomic E-state index is 0.431. The lowest BCUT2D eigenvalue weighted by molar-refractivity contribution is 0.594. The molecule has 2 nitrogen and oxygen atoms in total. The highest BCUT2D eigenvalue weighted by Crippen LogP contribution is 2.19. The summed E-state index contributed by atoms with van der Waals surface area (Å²) in [5.74, 6) is 0. The van der Waals surface area contributed by atoms with Gasteiger partial charge in [-0.15, -0.1) is 0 Å². The average Bonchev–Trinajstić information content (AvgIpc) is 2.18. The van der Waals surface area contributed by atoms with E-state index in [2.05, 4.69) is 11.9 Å². The Morgan fingerprint density at radius 3 is 2.93 bits per heavy atom. The predicted molar refractivity (Wildman–Crippen MR) is 61.1 cm³/mol. The zero-order chi connectivity index (χ0) is 10.1. The van der Waals surface area contributed by atoms with Crippen LogP contribution in [0, 0.1) is 0 Å². The summed E-state index contributed by atoms with van der Waals surface area (Å²) in [6.07, 6.45) is 3.86. The van der Waals surface area contributed by atoms with Crippen LogP contribution in [-0.4, -0.2) is 11.9 Å². The minimum atomic E-state index is -0.431. The third kappa shape index (κ3) is 1.47. The van der Waals surface area contributed by atoms with E-state index < -0.39 is 6.92 Å². The van der Waals surface area contributed by atoms with Gasteiger partial charge in [-0.1, -0.05) is 31.6 Å². The van der Waals surface area contributed by atoms with Gasteiger partial charge >= 0.3 is 6.92 Å². The molecule has 14 heavy (non-hydrogen) atoms. The van der Waals surface area contributed by atoms with E-state index in [0.717, 1.165) is 22.3 Å². The van der Waals surface area contributed by atoms with Gasteiger partial charge in [-0.05, 0) is 17.1 Å². The lowest BCUT2D eigenvalue weighted by Gasteiger charge is -2.16. The summed E-state index contributed by atoms with van der Waals surface area (Å²) < 4.78 is 0. The van der Waals surface area contributed by atoms with Crippen molar-refractivity contribution in [2.45, 2.75) is 6.82 Å². The molecule has 1 aliphatic heterocycles. The van der Waals surface area contributed by atoms with E-state index in [0.29, 0.717) is 0 Å². The smallest absolute Gasteiger partial charge is 0.320 e. The number of benzene rings is 1. The number of fused-ring (bicyclic) bond motifs is 1. The van der Waals surface area contributed by atoms with Gasteiger partial charge in [0.15, 0.2) is 0 Å². The minimum Gasteiger partial charge on any atom is -0.447 e. The molecule has 0 aliphatic carbocycles. The van der Waals surface area contributed by atoms with Gasteiger partial charge in [0.2, 0.25) is 0 Å². The second-order valence-electron chi connectivity index (χ2n) is 3.48. The van der Waals surface area contributed by atoms with Crippen LogP contribution in [0.3, 0.4) is 0 Å². The molecule has 2 N–H and O–H groups in total. The third-order valence-corrected chi connectivity index (χ3v) is 2.41. The summed E-state index contributed by atoms with van der Waals surface area (Å²) >= 11 is 0. The van der Waals surface area contributed by atoms with E-state index in [4.69, 9.17) is 0 Å². The summed E-state index contributed by atoms with van der Waals surface area (Å²) in [4.78, 5) is 0. The Hall–Kier alpha value is -1.48. The Bertz CT molecular complexity index is 410. The van der Waals surface area contributed by atoms with E-state index in [1.807, 2.05) is 30.5 Å². The molecule has 0 amide bonds. The van der Waals surface area contributed by atoms with Crippen molar-refractivity contribution in [3.05, 3.63) is 42.1 Å². The summed E-state index contributed by atoms with van der Waals surface area (Å²) in [5.41, 5.74) is 4.00. The summed E-state index contributed by atoms with van der Waals surface area (Å²) in [5, 5.41) is 12.5. The average molecular weight is 185 g/mol. The van der Waals surface area contributed by atoms with Gasteiger partial charge in [0.05, 0.1) is 0 Å². The molecular formula is C11H12BNO. The van der Waals surface area contributed by atoms with Crippen LogP contribution in [0.5, 0.6) is 0 Å². The zero-order valence-electron chi connectivity index (χ0n) is 8.12. The molecule has 0 radical (unpaired) electrons. The van der Waals surface area contributed by atoms with Crippen LogP contribution in [0.1, 0.15) is 11.1 Å². The second-order valence-corrected chi connectivity index (χ2v) is 3.48. The molecule has 1 aromatic carbocycles. The molecule has 0 unspecified atom stereocenters. The fraction of sp³-hybridized carbons (Fsp3) is 0.0909. The Balaban J connectivity index is 2.52. The highest BCUT2D eigenvalue weighted by molar-refractivity contribution is 6.64. The van der Waals surface area contributed by atoms with Crippen LogP contribution < -0.4 is 10.8 Å². The molecule has 3 heteroatoms. The first kappa shape index (κ1) is 9.09. The first-order chi connectivity index (χ1) is 6.68. The fourth-order valence-electron chi connectivity index (χ4n) is 1.55. The van der Waals surface area contributed by atoms with E-state index in [9.17, 15) is 5.02 Å². The highest BCUT2D eigenvalue weighted by atomic mass is 16.2. The molecule has 1 aromatic rings. The van der Waals surface area contributed by atoms with Gasteiger partial charge in [0.25, 0.3) is 0 Å². The molecular weight excluding hydrogens is 173 g/mol. The molecule has 70 valence electrons. The van der Waals surface area contributed by atoms with Crippen molar-refractivity contribution in [2.75, 3.05) is 0 Å². The SMILES string of the molecule is C=C1NC=Cc2ccc(B(C)O)cc21. The number of hydrogen-bond donors (Lipinski definition) is 2. The molecule has 0 saturated carbocycles. The normalized spacial score (nSPS) is 13.4. The van der Waals surface area contributed by atoms with Crippen LogP contribution in [0.25, 0.3) is 11.8 Å². The molecule has 0 bridgehead atoms. The number of nitrogens with one attached hydrogen (secondary N) is 1. The zero-order valence-corrected chi connectivity index (χ0v) is 8.12. The topological polar surface area (TPSA) is 32.3 Å². The summed E-state index contributed by atoms with van der Waals surface area (Å²) in [7, 11) is 0. The molecule has 1 heterocycles. The van der Waals surface area contributed by atoms with Crippen molar-refractivity contribution in [1.29, 1.82) is 0 Å². The van der Waals surface area contributed by atoms with Crippen LogP contribution >= 0.6 is 0 Å². The van der Waals surface area contributed by atoms with Crippen molar-refractivity contribution < 1.29 is 5.02 Å². The lowest BCUT2D eigenvalue weighted by Crippen LogP contribution is -2.27. The molecule has 1 aliphatic rings. The molecule has 0 atom stereocenters. The van der Waals surface area contributed by atoms with Crippen LogP contribution in [-0.2, 0) is 0 Å². The quantitative estimate of drug-likeness (QED) is 0.641. The highest BCUT2D eigenvalue weighted by Gasteiger charge is 2.12. The van der Waals surface area contributed by atoms with Gasteiger partial charge in [0.1, 0.15) is 0 Å². The first-order valence-corrected chi connectivity index (χ1v) is 4.63. The molecule has 0 aromatic heterocycles. The summed E-state index contributed by atoms with van der Waals surface area (Å²) in [6, 6.07) is 5.91. The Kier molecular flexibility index (Phi) is 2.18. The maximum atomic E-state index is 9.44. The molecule has 0 spiro atoms. The Morgan fingerprint density at radius 1 is 1.43 bits per heavy atom. The Morgan fingerprint density at radius 2 is 2.21 bits per heavy atom. The number of rotatable bonds is 1. The van der Waals surface area contributed by atoms with E-state index in [1.54, 1.807) is 6.82 Å². The van der Waals surface area contributed by atoms with Crippen LogP contribution in [0.4, 0.5) is 0 Å². The van der Waals surface area contributed by atoms with E-state index >= 15 is 0 Å². The van der Waals surface area contributed by atoms with Gasteiger partial charge in [0, 0.05) is 17.5 Å². The number of hydrogen-bond acceptors (Lipinski definition) is 2. The summed E-state index contributed by atoms with van der Waals surface area (Å²) in [6.45, 7) is 5.24. The van der Waals surface area contributed by atoms with Crippen LogP contribution in [0.15, 0.2) is 31.0 Å². The monoisotopic (exact) mass is 185 g/mol. The van der Waals surface area contributed by atoms with Crippen molar-refractivity contribution in [3.63, 3.8) is 0 Å². The first-order valence-electron chi connectivity index (χ1n) is 4.63.